The zero-order chi connectivity index (χ0) is 16.2. The lowest BCUT2D eigenvalue weighted by atomic mass is 10.1. The van der Waals surface area contributed by atoms with Crippen molar-refractivity contribution in [2.75, 3.05) is 20.1 Å². The zero-order valence-corrected chi connectivity index (χ0v) is 14.1. The molecular formula is C15H21ClN2O3S. The van der Waals surface area contributed by atoms with Gasteiger partial charge in [0, 0.05) is 18.1 Å². The number of benzene rings is 1. The Morgan fingerprint density at radius 3 is 2.32 bits per heavy atom. The first kappa shape index (κ1) is 17.2. The number of hydrogen-bond acceptors (Lipinski definition) is 4. The fourth-order valence-electron chi connectivity index (χ4n) is 2.87. The number of carbonyl (C=O) groups excluding carboxylic acids is 1. The predicted octanol–water partition coefficient (Wildman–Crippen LogP) is 1.76. The van der Waals surface area contributed by atoms with Crippen molar-refractivity contribution >= 4 is 27.3 Å². The summed E-state index contributed by atoms with van der Waals surface area (Å²) in [5.74, 6) is -0.393. The summed E-state index contributed by atoms with van der Waals surface area (Å²) in [4.78, 5) is 12.7. The molecular weight excluding hydrogens is 324 g/mol. The first-order chi connectivity index (χ1) is 10.4. The van der Waals surface area contributed by atoms with E-state index in [4.69, 9.17) is 11.6 Å². The molecule has 0 radical (unpaired) electrons. The van der Waals surface area contributed by atoms with Gasteiger partial charge in [-0.15, -0.1) is 0 Å². The van der Waals surface area contributed by atoms with Crippen LogP contribution in [0, 0.1) is 0 Å². The van der Waals surface area contributed by atoms with Gasteiger partial charge in [0.05, 0.1) is 4.90 Å². The van der Waals surface area contributed by atoms with Gasteiger partial charge in [-0.3, -0.25) is 4.79 Å². The fourth-order valence-corrected chi connectivity index (χ4v) is 5.08. The van der Waals surface area contributed by atoms with Gasteiger partial charge in [-0.1, -0.05) is 24.4 Å². The Kier molecular flexibility index (Phi) is 5.47. The molecule has 0 spiro atoms. The smallest absolute Gasteiger partial charge is 0.241 e. The third-order valence-electron chi connectivity index (χ3n) is 4.12. The maximum absolute atomic E-state index is 13.0. The van der Waals surface area contributed by atoms with Crippen molar-refractivity contribution in [3.63, 3.8) is 0 Å². The molecule has 2 N–H and O–H groups in total. The number of sulfone groups is 1. The molecule has 0 saturated heterocycles. The first-order valence-electron chi connectivity index (χ1n) is 7.37. The van der Waals surface area contributed by atoms with Gasteiger partial charge in [0.2, 0.25) is 5.91 Å². The minimum Gasteiger partial charge on any atom is -0.353 e. The van der Waals surface area contributed by atoms with E-state index in [0.717, 1.165) is 12.8 Å². The molecule has 5 nitrogen and oxygen atoms in total. The van der Waals surface area contributed by atoms with E-state index in [-0.39, 0.29) is 4.90 Å². The van der Waals surface area contributed by atoms with Gasteiger partial charge in [-0.05, 0) is 44.2 Å². The number of rotatable bonds is 6. The molecule has 0 aliphatic heterocycles. The van der Waals surface area contributed by atoms with Gasteiger partial charge in [-0.25, -0.2) is 8.42 Å². The average Bonchev–Trinajstić information content (AvgIpc) is 2.99. The van der Waals surface area contributed by atoms with Gasteiger partial charge >= 0.3 is 0 Å². The number of nitrogens with one attached hydrogen (secondary N) is 2. The molecule has 0 unspecified atom stereocenters. The Balaban J connectivity index is 2.33. The molecule has 1 amide bonds. The van der Waals surface area contributed by atoms with Crippen LogP contribution in [0.5, 0.6) is 0 Å². The largest absolute Gasteiger partial charge is 0.353 e. The molecule has 1 aromatic carbocycles. The van der Waals surface area contributed by atoms with Crippen LogP contribution in [-0.4, -0.2) is 39.2 Å². The second-order valence-corrected chi connectivity index (χ2v) is 8.21. The number of hydrogen-bond donors (Lipinski definition) is 2. The Bertz CT molecular complexity index is 623. The second-order valence-electron chi connectivity index (χ2n) is 5.52. The Labute approximate surface area is 136 Å². The Morgan fingerprint density at radius 1 is 1.18 bits per heavy atom. The van der Waals surface area contributed by atoms with Crippen LogP contribution < -0.4 is 10.6 Å². The number of likely N-dealkylation sites (N-methyl/N-ethyl adjacent to an activating group) is 1. The highest BCUT2D eigenvalue weighted by atomic mass is 35.5. The summed E-state index contributed by atoms with van der Waals surface area (Å²) in [6, 6.07) is 6.02. The normalized spacial score (nSPS) is 17.4. The molecule has 1 saturated carbocycles. The summed E-state index contributed by atoms with van der Waals surface area (Å²) in [6.07, 6.45) is 2.21. The molecule has 1 aromatic rings. The maximum atomic E-state index is 13.0. The second kappa shape index (κ2) is 6.98. The molecule has 1 fully saturated rings. The SMILES string of the molecule is CNCCNC(=O)C1(S(=O)(=O)c2ccc(Cl)cc2)CCCC1. The Hall–Kier alpha value is -1.11. The summed E-state index contributed by atoms with van der Waals surface area (Å²) in [6.45, 7) is 1.01. The van der Waals surface area contributed by atoms with E-state index < -0.39 is 20.5 Å². The van der Waals surface area contributed by atoms with Crippen molar-refractivity contribution in [2.45, 2.75) is 35.3 Å². The molecule has 22 heavy (non-hydrogen) atoms. The molecule has 0 heterocycles. The number of halogens is 1. The molecule has 122 valence electrons. The van der Waals surface area contributed by atoms with Crippen LogP contribution in [0.1, 0.15) is 25.7 Å². The molecule has 2 rings (SSSR count). The highest BCUT2D eigenvalue weighted by Crippen LogP contribution is 2.40. The minimum atomic E-state index is -3.74. The van der Waals surface area contributed by atoms with Gasteiger partial charge in [-0.2, -0.15) is 0 Å². The van der Waals surface area contributed by atoms with E-state index in [1.54, 1.807) is 7.05 Å². The van der Waals surface area contributed by atoms with E-state index in [0.29, 0.717) is 31.0 Å². The van der Waals surface area contributed by atoms with Crippen LogP contribution in [-0.2, 0) is 14.6 Å². The minimum absolute atomic E-state index is 0.155. The van der Waals surface area contributed by atoms with Crippen molar-refractivity contribution in [3.8, 4) is 0 Å². The summed E-state index contributed by atoms with van der Waals surface area (Å²) < 4.78 is 24.7. The number of amides is 1. The monoisotopic (exact) mass is 344 g/mol. The van der Waals surface area contributed by atoms with Gasteiger partial charge < -0.3 is 10.6 Å². The lowest BCUT2D eigenvalue weighted by Gasteiger charge is -2.27. The third kappa shape index (κ3) is 3.14. The van der Waals surface area contributed by atoms with Crippen LogP contribution in [0.4, 0.5) is 0 Å². The molecule has 0 atom stereocenters. The predicted molar refractivity (Wildman–Crippen MR) is 86.8 cm³/mol. The molecule has 0 bridgehead atoms. The van der Waals surface area contributed by atoms with Crippen LogP contribution in [0.25, 0.3) is 0 Å². The summed E-state index contributed by atoms with van der Waals surface area (Å²) in [7, 11) is -1.96. The third-order valence-corrected chi connectivity index (χ3v) is 6.89. The van der Waals surface area contributed by atoms with E-state index in [9.17, 15) is 13.2 Å². The molecule has 7 heteroatoms. The van der Waals surface area contributed by atoms with Gasteiger partial charge in [0.1, 0.15) is 0 Å². The first-order valence-corrected chi connectivity index (χ1v) is 9.23. The lowest BCUT2D eigenvalue weighted by molar-refractivity contribution is -0.123. The van der Waals surface area contributed by atoms with Crippen LogP contribution in [0.15, 0.2) is 29.2 Å². The standard InChI is InChI=1S/C15H21ClN2O3S/c1-17-10-11-18-14(19)15(8-2-3-9-15)22(20,21)13-6-4-12(16)5-7-13/h4-7,17H,2-3,8-11H2,1H3,(H,18,19). The van der Waals surface area contributed by atoms with E-state index in [1.165, 1.54) is 24.3 Å². The number of carbonyl (C=O) groups is 1. The van der Waals surface area contributed by atoms with Crippen LogP contribution in [0.2, 0.25) is 5.02 Å². The summed E-state index contributed by atoms with van der Waals surface area (Å²) in [5, 5.41) is 6.14. The summed E-state index contributed by atoms with van der Waals surface area (Å²) >= 11 is 5.82. The van der Waals surface area contributed by atoms with Crippen molar-refractivity contribution in [1.82, 2.24) is 10.6 Å². The summed E-state index contributed by atoms with van der Waals surface area (Å²) in [5.41, 5.74) is 0. The topological polar surface area (TPSA) is 75.3 Å². The quantitative estimate of drug-likeness (QED) is 0.771. The van der Waals surface area contributed by atoms with Crippen molar-refractivity contribution in [2.24, 2.45) is 0 Å². The molecule has 1 aliphatic carbocycles. The van der Waals surface area contributed by atoms with E-state index in [2.05, 4.69) is 10.6 Å². The average molecular weight is 345 g/mol. The Morgan fingerprint density at radius 2 is 1.77 bits per heavy atom. The zero-order valence-electron chi connectivity index (χ0n) is 12.6. The van der Waals surface area contributed by atoms with Crippen molar-refractivity contribution in [1.29, 1.82) is 0 Å². The van der Waals surface area contributed by atoms with E-state index >= 15 is 0 Å². The van der Waals surface area contributed by atoms with E-state index in [1.807, 2.05) is 0 Å². The van der Waals surface area contributed by atoms with Crippen LogP contribution >= 0.6 is 11.6 Å². The van der Waals surface area contributed by atoms with Crippen molar-refractivity contribution in [3.05, 3.63) is 29.3 Å². The molecule has 0 aromatic heterocycles. The lowest BCUT2D eigenvalue weighted by Crippen LogP contribution is -2.51. The highest BCUT2D eigenvalue weighted by Gasteiger charge is 2.52. The fraction of sp³-hybridized carbons (Fsp3) is 0.533. The van der Waals surface area contributed by atoms with Gasteiger partial charge in [0.15, 0.2) is 14.6 Å². The van der Waals surface area contributed by atoms with Gasteiger partial charge in [0.25, 0.3) is 0 Å². The highest BCUT2D eigenvalue weighted by molar-refractivity contribution is 7.93. The maximum Gasteiger partial charge on any atom is 0.241 e. The molecule has 1 aliphatic rings. The van der Waals surface area contributed by atoms with Crippen molar-refractivity contribution < 1.29 is 13.2 Å². The van der Waals surface area contributed by atoms with Crippen LogP contribution in [0.3, 0.4) is 0 Å².